The molecule has 0 aromatic heterocycles. The standard InChI is InChI=1S/C15H29NO/c1-14(2)12-7-8-15(3,11-12)13(14)16-9-5-6-10-17-4/h12-13,16H,5-11H2,1-4H3/t12-,13?,15+/m0/s1. The molecule has 0 heterocycles. The van der Waals surface area contributed by atoms with Gasteiger partial charge in [-0.25, -0.2) is 0 Å². The van der Waals surface area contributed by atoms with Crippen LogP contribution in [0, 0.1) is 16.7 Å². The number of unbranched alkanes of at least 4 members (excludes halogenated alkanes) is 1. The van der Waals surface area contributed by atoms with Crippen LogP contribution in [0.2, 0.25) is 0 Å². The number of hydrogen-bond acceptors (Lipinski definition) is 2. The van der Waals surface area contributed by atoms with Crippen molar-refractivity contribution in [2.24, 2.45) is 16.7 Å². The summed E-state index contributed by atoms with van der Waals surface area (Å²) in [5, 5.41) is 3.85. The minimum Gasteiger partial charge on any atom is -0.385 e. The summed E-state index contributed by atoms with van der Waals surface area (Å²) in [6.45, 7) is 9.48. The van der Waals surface area contributed by atoms with Crippen molar-refractivity contribution in [1.29, 1.82) is 0 Å². The second-order valence-electron chi connectivity index (χ2n) is 7.00. The van der Waals surface area contributed by atoms with Gasteiger partial charge >= 0.3 is 0 Å². The van der Waals surface area contributed by atoms with Gasteiger partial charge in [0.1, 0.15) is 0 Å². The van der Waals surface area contributed by atoms with Gasteiger partial charge < -0.3 is 10.1 Å². The lowest BCUT2D eigenvalue weighted by atomic mass is 9.68. The third kappa shape index (κ3) is 2.39. The Balaban J connectivity index is 1.83. The van der Waals surface area contributed by atoms with Crippen LogP contribution in [0.1, 0.15) is 52.9 Å². The Morgan fingerprint density at radius 2 is 2.00 bits per heavy atom. The predicted molar refractivity (Wildman–Crippen MR) is 72.1 cm³/mol. The smallest absolute Gasteiger partial charge is 0.0462 e. The summed E-state index contributed by atoms with van der Waals surface area (Å²) >= 11 is 0. The summed E-state index contributed by atoms with van der Waals surface area (Å²) in [5.41, 5.74) is 1.06. The molecule has 2 nitrogen and oxygen atoms in total. The van der Waals surface area contributed by atoms with Gasteiger partial charge in [-0.2, -0.15) is 0 Å². The van der Waals surface area contributed by atoms with Crippen LogP contribution in [0.15, 0.2) is 0 Å². The average molecular weight is 239 g/mol. The first-order valence-corrected chi connectivity index (χ1v) is 7.23. The number of ether oxygens (including phenoxy) is 1. The zero-order valence-electron chi connectivity index (χ0n) is 12.0. The third-order valence-electron chi connectivity index (χ3n) is 5.39. The highest BCUT2D eigenvalue weighted by molar-refractivity contribution is 5.11. The van der Waals surface area contributed by atoms with Crippen molar-refractivity contribution < 1.29 is 4.74 Å². The third-order valence-corrected chi connectivity index (χ3v) is 5.39. The molecular formula is C15H29NO. The highest BCUT2D eigenvalue weighted by atomic mass is 16.5. The summed E-state index contributed by atoms with van der Waals surface area (Å²) in [7, 11) is 1.79. The average Bonchev–Trinajstić information content (AvgIpc) is 2.73. The minimum atomic E-state index is 0.494. The zero-order valence-corrected chi connectivity index (χ0v) is 12.0. The maximum atomic E-state index is 5.10. The van der Waals surface area contributed by atoms with E-state index in [0.717, 1.165) is 25.1 Å². The lowest BCUT2D eigenvalue weighted by molar-refractivity contribution is 0.108. The van der Waals surface area contributed by atoms with Crippen LogP contribution >= 0.6 is 0 Å². The molecule has 1 N–H and O–H groups in total. The maximum absolute atomic E-state index is 5.10. The van der Waals surface area contributed by atoms with Gasteiger partial charge in [-0.15, -0.1) is 0 Å². The Kier molecular flexibility index (Phi) is 3.84. The molecule has 0 radical (unpaired) electrons. The van der Waals surface area contributed by atoms with Gasteiger partial charge in [0, 0.05) is 19.8 Å². The summed E-state index contributed by atoms with van der Waals surface area (Å²) in [6, 6.07) is 0.719. The predicted octanol–water partition coefficient (Wildman–Crippen LogP) is 3.22. The topological polar surface area (TPSA) is 21.3 Å². The fraction of sp³-hybridized carbons (Fsp3) is 1.00. The molecule has 0 spiro atoms. The van der Waals surface area contributed by atoms with Crippen molar-refractivity contribution in [3.63, 3.8) is 0 Å². The Hall–Kier alpha value is -0.0800. The van der Waals surface area contributed by atoms with Crippen molar-refractivity contribution in [1.82, 2.24) is 5.32 Å². The quantitative estimate of drug-likeness (QED) is 0.719. The molecule has 0 aromatic carbocycles. The van der Waals surface area contributed by atoms with Gasteiger partial charge in [0.25, 0.3) is 0 Å². The van der Waals surface area contributed by atoms with E-state index in [9.17, 15) is 0 Å². The van der Waals surface area contributed by atoms with Gasteiger partial charge in [0.2, 0.25) is 0 Å². The van der Waals surface area contributed by atoms with Crippen LogP contribution in [0.3, 0.4) is 0 Å². The molecule has 2 aliphatic carbocycles. The molecule has 0 aliphatic heterocycles. The molecule has 17 heavy (non-hydrogen) atoms. The first-order chi connectivity index (χ1) is 8.00. The number of hydrogen-bond donors (Lipinski definition) is 1. The largest absolute Gasteiger partial charge is 0.385 e. The van der Waals surface area contributed by atoms with E-state index < -0.39 is 0 Å². The first-order valence-electron chi connectivity index (χ1n) is 7.23. The van der Waals surface area contributed by atoms with Gasteiger partial charge in [-0.3, -0.25) is 0 Å². The highest BCUT2D eigenvalue weighted by Crippen LogP contribution is 2.62. The fourth-order valence-corrected chi connectivity index (χ4v) is 4.43. The Bertz CT molecular complexity index is 259. The van der Waals surface area contributed by atoms with E-state index in [0.29, 0.717) is 10.8 Å². The van der Waals surface area contributed by atoms with Crippen LogP contribution in [0.5, 0.6) is 0 Å². The molecule has 2 rings (SSSR count). The van der Waals surface area contributed by atoms with Crippen molar-refractivity contribution >= 4 is 0 Å². The number of fused-ring (bicyclic) bond motifs is 2. The van der Waals surface area contributed by atoms with Crippen LogP contribution in [0.25, 0.3) is 0 Å². The van der Waals surface area contributed by atoms with Crippen molar-refractivity contribution in [2.75, 3.05) is 20.3 Å². The summed E-state index contributed by atoms with van der Waals surface area (Å²) < 4.78 is 5.10. The normalized spacial score (nSPS) is 38.8. The van der Waals surface area contributed by atoms with E-state index in [2.05, 4.69) is 26.1 Å². The lowest BCUT2D eigenvalue weighted by Crippen LogP contribution is -2.50. The van der Waals surface area contributed by atoms with Gasteiger partial charge in [-0.1, -0.05) is 20.8 Å². The molecule has 2 aliphatic rings. The molecule has 0 saturated heterocycles. The van der Waals surface area contributed by atoms with E-state index in [1.54, 1.807) is 7.11 Å². The molecule has 2 saturated carbocycles. The molecular weight excluding hydrogens is 210 g/mol. The molecule has 2 bridgehead atoms. The summed E-state index contributed by atoms with van der Waals surface area (Å²) in [5.74, 6) is 0.948. The van der Waals surface area contributed by atoms with Gasteiger partial charge in [0.15, 0.2) is 0 Å². The van der Waals surface area contributed by atoms with Crippen molar-refractivity contribution in [3.05, 3.63) is 0 Å². The molecule has 0 aromatic rings. The summed E-state index contributed by atoms with van der Waals surface area (Å²) in [6.07, 6.45) is 6.73. The summed E-state index contributed by atoms with van der Waals surface area (Å²) in [4.78, 5) is 0. The highest BCUT2D eigenvalue weighted by Gasteiger charge is 2.58. The minimum absolute atomic E-state index is 0.494. The fourth-order valence-electron chi connectivity index (χ4n) is 4.43. The second kappa shape index (κ2) is 4.89. The van der Waals surface area contributed by atoms with Crippen LogP contribution < -0.4 is 5.32 Å². The van der Waals surface area contributed by atoms with Gasteiger partial charge in [-0.05, 0) is 55.4 Å². The van der Waals surface area contributed by atoms with Crippen LogP contribution in [-0.2, 0) is 4.74 Å². The first kappa shape index (κ1) is 13.4. The van der Waals surface area contributed by atoms with Crippen LogP contribution in [0.4, 0.5) is 0 Å². The number of methoxy groups -OCH3 is 1. The molecule has 1 unspecified atom stereocenters. The molecule has 2 heteroatoms. The maximum Gasteiger partial charge on any atom is 0.0462 e. The second-order valence-corrected chi connectivity index (χ2v) is 7.00. The molecule has 0 amide bonds. The Labute approximate surface area is 107 Å². The van der Waals surface area contributed by atoms with Crippen LogP contribution in [-0.4, -0.2) is 26.3 Å². The van der Waals surface area contributed by atoms with E-state index in [1.807, 2.05) is 0 Å². The van der Waals surface area contributed by atoms with E-state index in [1.165, 1.54) is 32.1 Å². The van der Waals surface area contributed by atoms with Gasteiger partial charge in [0.05, 0.1) is 0 Å². The van der Waals surface area contributed by atoms with Crippen molar-refractivity contribution in [3.8, 4) is 0 Å². The lowest BCUT2D eigenvalue weighted by Gasteiger charge is -2.43. The number of nitrogens with one attached hydrogen (secondary N) is 1. The Morgan fingerprint density at radius 1 is 1.24 bits per heavy atom. The molecule has 2 fully saturated rings. The van der Waals surface area contributed by atoms with E-state index >= 15 is 0 Å². The SMILES string of the molecule is COCCCCNC1C(C)(C)[C@H]2CC[C@]1(C)C2. The number of rotatable bonds is 6. The van der Waals surface area contributed by atoms with E-state index in [4.69, 9.17) is 4.74 Å². The monoisotopic (exact) mass is 239 g/mol. The van der Waals surface area contributed by atoms with E-state index in [-0.39, 0.29) is 0 Å². The molecule has 100 valence electrons. The Morgan fingerprint density at radius 3 is 2.59 bits per heavy atom. The molecule has 3 atom stereocenters. The van der Waals surface area contributed by atoms with Crippen molar-refractivity contribution in [2.45, 2.75) is 58.9 Å². The zero-order chi connectivity index (χ0) is 12.5.